The molecular weight excluding hydrogens is 387 g/mol. The van der Waals surface area contributed by atoms with Crippen LogP contribution in [0.4, 0.5) is 5.69 Å². The summed E-state index contributed by atoms with van der Waals surface area (Å²) in [6.45, 7) is 11.3. The summed E-state index contributed by atoms with van der Waals surface area (Å²) in [6, 6.07) is 4.98. The third-order valence-corrected chi connectivity index (χ3v) is 4.44. The molecule has 27 heavy (non-hydrogen) atoms. The summed E-state index contributed by atoms with van der Waals surface area (Å²) < 4.78 is 0. The number of carbonyl (C=O) groups excluding carboxylic acids is 2. The lowest BCUT2D eigenvalue weighted by Gasteiger charge is -2.27. The molecule has 0 spiro atoms. The van der Waals surface area contributed by atoms with E-state index in [4.69, 9.17) is 11.6 Å². The Morgan fingerprint density at radius 3 is 2.52 bits per heavy atom. The first-order valence-electron chi connectivity index (χ1n) is 9.05. The number of nitrogens with one attached hydrogen (secondary N) is 3. The van der Waals surface area contributed by atoms with Crippen molar-refractivity contribution in [3.05, 3.63) is 28.8 Å². The highest BCUT2D eigenvalue weighted by molar-refractivity contribution is 6.34. The van der Waals surface area contributed by atoms with Crippen LogP contribution in [-0.4, -0.2) is 56.0 Å². The topological polar surface area (TPSA) is 73.5 Å². The molecule has 0 aliphatic carbocycles. The number of hydrogen-bond donors (Lipinski definition) is 3. The molecule has 0 radical (unpaired) electrons. The predicted molar refractivity (Wildman–Crippen MR) is 113 cm³/mol. The van der Waals surface area contributed by atoms with E-state index in [9.17, 15) is 9.59 Å². The molecule has 2 rings (SSSR count). The summed E-state index contributed by atoms with van der Waals surface area (Å²) in [5.41, 5.74) is 0.858. The van der Waals surface area contributed by atoms with Crippen LogP contribution >= 0.6 is 24.0 Å². The maximum atomic E-state index is 12.4. The molecule has 6 nitrogen and oxygen atoms in total. The van der Waals surface area contributed by atoms with Crippen LogP contribution in [0.2, 0.25) is 5.02 Å². The molecule has 1 aromatic rings. The highest BCUT2D eigenvalue weighted by Gasteiger charge is 2.17. The van der Waals surface area contributed by atoms with Crippen molar-refractivity contribution in [3.8, 4) is 0 Å². The highest BCUT2D eigenvalue weighted by atomic mass is 35.5. The summed E-state index contributed by atoms with van der Waals surface area (Å²) in [7, 11) is 0. The SMILES string of the molecule is CC(C)(C)CC(=O)Nc1ccc(Cl)c(C(=O)NCCN2CCNCC2)c1.Cl. The Morgan fingerprint density at radius 1 is 1.22 bits per heavy atom. The number of carbonyl (C=O) groups is 2. The third-order valence-electron chi connectivity index (χ3n) is 4.11. The second kappa shape index (κ2) is 10.9. The van der Waals surface area contributed by atoms with Crippen LogP contribution in [-0.2, 0) is 4.79 Å². The van der Waals surface area contributed by atoms with Gasteiger partial charge >= 0.3 is 0 Å². The van der Waals surface area contributed by atoms with Crippen LogP contribution < -0.4 is 16.0 Å². The Labute approximate surface area is 172 Å². The normalized spacial score (nSPS) is 15.0. The monoisotopic (exact) mass is 416 g/mol. The first-order valence-corrected chi connectivity index (χ1v) is 9.43. The summed E-state index contributed by atoms with van der Waals surface area (Å²) in [4.78, 5) is 26.8. The molecule has 1 heterocycles. The summed E-state index contributed by atoms with van der Waals surface area (Å²) in [5, 5.41) is 9.42. The van der Waals surface area contributed by atoms with Gasteiger partial charge in [-0.05, 0) is 23.6 Å². The quantitative estimate of drug-likeness (QED) is 0.666. The lowest BCUT2D eigenvalue weighted by Crippen LogP contribution is -2.46. The molecule has 0 aromatic heterocycles. The molecule has 3 N–H and O–H groups in total. The van der Waals surface area contributed by atoms with Gasteiger partial charge in [-0.1, -0.05) is 32.4 Å². The van der Waals surface area contributed by atoms with E-state index >= 15 is 0 Å². The number of piperazine rings is 1. The Bertz CT molecular complexity index is 641. The minimum Gasteiger partial charge on any atom is -0.351 e. The van der Waals surface area contributed by atoms with E-state index in [1.807, 2.05) is 20.8 Å². The maximum Gasteiger partial charge on any atom is 0.252 e. The average Bonchev–Trinajstić information content (AvgIpc) is 2.55. The lowest BCUT2D eigenvalue weighted by atomic mass is 9.92. The Kier molecular flexibility index (Phi) is 9.53. The molecule has 1 saturated heterocycles. The number of amides is 2. The second-order valence-corrected chi connectivity index (χ2v) is 8.23. The highest BCUT2D eigenvalue weighted by Crippen LogP contribution is 2.23. The molecule has 0 saturated carbocycles. The maximum absolute atomic E-state index is 12.4. The van der Waals surface area contributed by atoms with Crippen molar-refractivity contribution < 1.29 is 9.59 Å². The first kappa shape index (κ1) is 23.7. The van der Waals surface area contributed by atoms with E-state index in [2.05, 4.69) is 20.9 Å². The van der Waals surface area contributed by atoms with E-state index in [-0.39, 0.29) is 29.6 Å². The summed E-state index contributed by atoms with van der Waals surface area (Å²) in [6.07, 6.45) is 0.405. The van der Waals surface area contributed by atoms with Crippen molar-refractivity contribution in [2.75, 3.05) is 44.6 Å². The second-order valence-electron chi connectivity index (χ2n) is 7.83. The molecule has 1 aromatic carbocycles. The van der Waals surface area contributed by atoms with Crippen molar-refractivity contribution >= 4 is 41.5 Å². The fraction of sp³-hybridized carbons (Fsp3) is 0.579. The van der Waals surface area contributed by atoms with Crippen LogP contribution in [0.1, 0.15) is 37.6 Å². The van der Waals surface area contributed by atoms with Gasteiger partial charge in [-0.15, -0.1) is 12.4 Å². The Hall–Kier alpha value is -1.34. The van der Waals surface area contributed by atoms with E-state index in [1.54, 1.807) is 18.2 Å². The first-order chi connectivity index (χ1) is 12.2. The molecule has 2 amide bonds. The molecule has 1 aliphatic heterocycles. The Balaban J connectivity index is 0.00000364. The largest absolute Gasteiger partial charge is 0.351 e. The molecule has 0 bridgehead atoms. The van der Waals surface area contributed by atoms with Crippen LogP contribution in [0.15, 0.2) is 18.2 Å². The van der Waals surface area contributed by atoms with Gasteiger partial charge in [-0.25, -0.2) is 0 Å². The van der Waals surface area contributed by atoms with E-state index in [1.165, 1.54) is 0 Å². The van der Waals surface area contributed by atoms with Gasteiger partial charge in [0.05, 0.1) is 10.6 Å². The van der Waals surface area contributed by atoms with Gasteiger partial charge in [0.15, 0.2) is 0 Å². The zero-order valence-corrected chi connectivity index (χ0v) is 17.8. The van der Waals surface area contributed by atoms with Crippen LogP contribution in [0.3, 0.4) is 0 Å². The summed E-state index contributed by atoms with van der Waals surface area (Å²) in [5.74, 6) is -0.304. The van der Waals surface area contributed by atoms with E-state index in [0.29, 0.717) is 29.2 Å². The standard InChI is InChI=1S/C19H29ClN4O2.ClH/c1-19(2,3)13-17(25)23-14-4-5-16(20)15(12-14)18(26)22-8-11-24-9-6-21-7-10-24;/h4-5,12,21H,6-11,13H2,1-3H3,(H,22,26)(H,23,25);1H. The number of benzene rings is 1. The van der Waals surface area contributed by atoms with Crippen molar-refractivity contribution in [1.29, 1.82) is 0 Å². The molecule has 1 aliphatic rings. The van der Waals surface area contributed by atoms with Crippen molar-refractivity contribution in [1.82, 2.24) is 15.5 Å². The number of hydrogen-bond acceptors (Lipinski definition) is 4. The summed E-state index contributed by atoms with van der Waals surface area (Å²) >= 11 is 6.17. The molecule has 152 valence electrons. The molecule has 1 fully saturated rings. The fourth-order valence-electron chi connectivity index (χ4n) is 2.82. The molecule has 0 atom stereocenters. The number of halogens is 2. The van der Waals surface area contributed by atoms with Gasteiger partial charge < -0.3 is 16.0 Å². The van der Waals surface area contributed by atoms with Crippen LogP contribution in [0.25, 0.3) is 0 Å². The van der Waals surface area contributed by atoms with Crippen LogP contribution in [0, 0.1) is 5.41 Å². The Morgan fingerprint density at radius 2 is 1.89 bits per heavy atom. The van der Waals surface area contributed by atoms with Crippen molar-refractivity contribution in [3.63, 3.8) is 0 Å². The average molecular weight is 417 g/mol. The molecular formula is C19H30Cl2N4O2. The minimum absolute atomic E-state index is 0. The molecule has 8 heteroatoms. The van der Waals surface area contributed by atoms with Gasteiger partial charge in [-0.2, -0.15) is 0 Å². The number of nitrogens with zero attached hydrogens (tertiary/aromatic N) is 1. The number of anilines is 1. The van der Waals surface area contributed by atoms with Gasteiger partial charge in [-0.3, -0.25) is 14.5 Å². The zero-order chi connectivity index (χ0) is 19.2. The van der Waals surface area contributed by atoms with Gasteiger partial charge in [0.25, 0.3) is 5.91 Å². The zero-order valence-electron chi connectivity index (χ0n) is 16.2. The van der Waals surface area contributed by atoms with Crippen molar-refractivity contribution in [2.24, 2.45) is 5.41 Å². The van der Waals surface area contributed by atoms with E-state index in [0.717, 1.165) is 32.7 Å². The predicted octanol–water partition coefficient (Wildman–Crippen LogP) is 2.77. The lowest BCUT2D eigenvalue weighted by molar-refractivity contribution is -0.117. The van der Waals surface area contributed by atoms with Crippen molar-refractivity contribution in [2.45, 2.75) is 27.2 Å². The van der Waals surface area contributed by atoms with E-state index < -0.39 is 0 Å². The fourth-order valence-corrected chi connectivity index (χ4v) is 3.02. The van der Waals surface area contributed by atoms with Gasteiger partial charge in [0.1, 0.15) is 0 Å². The van der Waals surface area contributed by atoms with Gasteiger partial charge in [0, 0.05) is 51.4 Å². The molecule has 0 unspecified atom stereocenters. The smallest absolute Gasteiger partial charge is 0.252 e. The van der Waals surface area contributed by atoms with Gasteiger partial charge in [0.2, 0.25) is 5.91 Å². The third kappa shape index (κ3) is 8.47. The van der Waals surface area contributed by atoms with Crippen LogP contribution in [0.5, 0.6) is 0 Å². The minimum atomic E-state index is -0.225. The number of rotatable bonds is 6.